The molecule has 0 bridgehead atoms. The quantitative estimate of drug-likeness (QED) is 0.702. The Kier molecular flexibility index (Phi) is 5.68. The van der Waals surface area contributed by atoms with Gasteiger partial charge in [0.25, 0.3) is 0 Å². The van der Waals surface area contributed by atoms with E-state index in [4.69, 9.17) is 9.47 Å². The number of hydrogen-bond acceptors (Lipinski definition) is 4. The highest BCUT2D eigenvalue weighted by Gasteiger charge is 2.21. The maximum absolute atomic E-state index is 11.7. The summed E-state index contributed by atoms with van der Waals surface area (Å²) in [6.07, 6.45) is 4.39. The fourth-order valence-corrected chi connectivity index (χ4v) is 1.55. The molecule has 18 heavy (non-hydrogen) atoms. The summed E-state index contributed by atoms with van der Waals surface area (Å²) in [5.74, 6) is 0.298. The maximum atomic E-state index is 11.7. The Bertz CT molecular complexity index is 374. The van der Waals surface area contributed by atoms with Crippen molar-refractivity contribution < 1.29 is 14.3 Å². The molecule has 1 aromatic heterocycles. The van der Waals surface area contributed by atoms with Crippen molar-refractivity contribution in [2.24, 2.45) is 0 Å². The molecule has 5 heteroatoms. The molecule has 0 saturated heterocycles. The van der Waals surface area contributed by atoms with Crippen molar-refractivity contribution in [1.82, 2.24) is 9.78 Å². The molecule has 102 valence electrons. The number of ether oxygens (including phenoxy) is 2. The fraction of sp³-hybridized carbons (Fsp3) is 0.692. The molecule has 1 unspecified atom stereocenters. The van der Waals surface area contributed by atoms with Gasteiger partial charge in [0.1, 0.15) is 0 Å². The molecule has 0 aromatic carbocycles. The first kappa shape index (κ1) is 14.5. The average molecular weight is 254 g/mol. The Labute approximate surface area is 108 Å². The largest absolute Gasteiger partial charge is 0.475 e. The number of rotatable bonds is 7. The van der Waals surface area contributed by atoms with Gasteiger partial charge in [0.2, 0.25) is 0 Å². The summed E-state index contributed by atoms with van der Waals surface area (Å²) in [5, 5.41) is 4.17. The Morgan fingerprint density at radius 2 is 2.17 bits per heavy atom. The predicted molar refractivity (Wildman–Crippen MR) is 68.6 cm³/mol. The SMILES string of the molecule is CCCC(Oc1cnn(C(C)C)c1)C(=O)OCC. The third kappa shape index (κ3) is 4.05. The number of carbonyl (C=O) groups is 1. The van der Waals surface area contributed by atoms with Gasteiger partial charge in [-0.3, -0.25) is 4.68 Å². The van der Waals surface area contributed by atoms with Crippen molar-refractivity contribution in [1.29, 1.82) is 0 Å². The van der Waals surface area contributed by atoms with Gasteiger partial charge in [-0.2, -0.15) is 5.10 Å². The molecule has 1 rings (SSSR count). The molecule has 0 saturated carbocycles. The van der Waals surface area contributed by atoms with Crippen LogP contribution < -0.4 is 4.74 Å². The zero-order chi connectivity index (χ0) is 13.5. The van der Waals surface area contributed by atoms with Crippen molar-refractivity contribution in [3.63, 3.8) is 0 Å². The van der Waals surface area contributed by atoms with Crippen molar-refractivity contribution in [3.05, 3.63) is 12.4 Å². The average Bonchev–Trinajstić information content (AvgIpc) is 2.77. The molecule has 0 aliphatic rings. The van der Waals surface area contributed by atoms with E-state index in [1.54, 1.807) is 24.0 Å². The molecule has 1 atom stereocenters. The summed E-state index contributed by atoms with van der Waals surface area (Å²) in [5.41, 5.74) is 0. The molecule has 0 radical (unpaired) electrons. The van der Waals surface area contributed by atoms with Crippen molar-refractivity contribution in [3.8, 4) is 5.75 Å². The van der Waals surface area contributed by atoms with Gasteiger partial charge in [0.05, 0.1) is 19.0 Å². The summed E-state index contributed by atoms with van der Waals surface area (Å²) in [6.45, 7) is 8.23. The van der Waals surface area contributed by atoms with Gasteiger partial charge in [-0.25, -0.2) is 4.79 Å². The first-order valence-corrected chi connectivity index (χ1v) is 6.45. The molecule has 0 N–H and O–H groups in total. The van der Waals surface area contributed by atoms with Crippen LogP contribution in [0.4, 0.5) is 0 Å². The Morgan fingerprint density at radius 1 is 1.44 bits per heavy atom. The van der Waals surface area contributed by atoms with Crippen LogP contribution in [-0.4, -0.2) is 28.5 Å². The molecule has 0 aliphatic heterocycles. The molecular weight excluding hydrogens is 232 g/mol. The molecule has 1 heterocycles. The molecule has 0 fully saturated rings. The minimum absolute atomic E-state index is 0.273. The van der Waals surface area contributed by atoms with E-state index in [2.05, 4.69) is 5.10 Å². The monoisotopic (exact) mass is 254 g/mol. The molecule has 0 aliphatic carbocycles. The van der Waals surface area contributed by atoms with Crippen LogP contribution in [0.1, 0.15) is 46.6 Å². The van der Waals surface area contributed by atoms with Gasteiger partial charge in [-0.1, -0.05) is 13.3 Å². The van der Waals surface area contributed by atoms with Crippen LogP contribution in [0.3, 0.4) is 0 Å². The topological polar surface area (TPSA) is 53.4 Å². The van der Waals surface area contributed by atoms with Gasteiger partial charge >= 0.3 is 5.97 Å². The second-order valence-electron chi connectivity index (χ2n) is 4.40. The highest BCUT2D eigenvalue weighted by Crippen LogP contribution is 2.16. The van der Waals surface area contributed by atoms with Gasteiger partial charge in [-0.05, 0) is 27.2 Å². The highest BCUT2D eigenvalue weighted by atomic mass is 16.6. The summed E-state index contributed by atoms with van der Waals surface area (Å²) >= 11 is 0. The number of nitrogens with zero attached hydrogens (tertiary/aromatic N) is 2. The van der Waals surface area contributed by atoms with Crippen LogP contribution in [0.15, 0.2) is 12.4 Å². The summed E-state index contributed by atoms with van der Waals surface area (Å²) in [4.78, 5) is 11.7. The molecule has 0 amide bonds. The van der Waals surface area contributed by atoms with Crippen molar-refractivity contribution in [2.75, 3.05) is 6.61 Å². The normalized spacial score (nSPS) is 12.5. The first-order valence-electron chi connectivity index (χ1n) is 6.45. The van der Waals surface area contributed by atoms with E-state index in [-0.39, 0.29) is 12.0 Å². The van der Waals surface area contributed by atoms with Crippen molar-refractivity contribution >= 4 is 5.97 Å². The highest BCUT2D eigenvalue weighted by molar-refractivity contribution is 5.75. The van der Waals surface area contributed by atoms with Crippen LogP contribution >= 0.6 is 0 Å². The van der Waals surface area contributed by atoms with Crippen LogP contribution in [-0.2, 0) is 9.53 Å². The smallest absolute Gasteiger partial charge is 0.347 e. The number of hydrogen-bond donors (Lipinski definition) is 0. The molecule has 1 aromatic rings. The van der Waals surface area contributed by atoms with Gasteiger partial charge in [-0.15, -0.1) is 0 Å². The molecular formula is C13H22N2O3. The third-order valence-electron chi connectivity index (χ3n) is 2.49. The lowest BCUT2D eigenvalue weighted by atomic mass is 10.2. The van der Waals surface area contributed by atoms with E-state index in [1.165, 1.54) is 0 Å². The summed E-state index contributed by atoms with van der Waals surface area (Å²) in [7, 11) is 0. The van der Waals surface area contributed by atoms with Crippen molar-refractivity contribution in [2.45, 2.75) is 52.7 Å². The lowest BCUT2D eigenvalue weighted by molar-refractivity contribution is -0.151. The second kappa shape index (κ2) is 7.03. The van der Waals surface area contributed by atoms with Gasteiger partial charge in [0, 0.05) is 6.04 Å². The van der Waals surface area contributed by atoms with Crippen LogP contribution in [0.5, 0.6) is 5.75 Å². The van der Waals surface area contributed by atoms with E-state index in [1.807, 2.05) is 20.8 Å². The lowest BCUT2D eigenvalue weighted by Crippen LogP contribution is -2.29. The Balaban J connectivity index is 2.66. The van der Waals surface area contributed by atoms with E-state index in [9.17, 15) is 4.79 Å². The number of aromatic nitrogens is 2. The van der Waals surface area contributed by atoms with E-state index in [0.717, 1.165) is 6.42 Å². The Morgan fingerprint density at radius 3 is 2.67 bits per heavy atom. The number of carbonyl (C=O) groups excluding carboxylic acids is 1. The van der Waals surface area contributed by atoms with Crippen LogP contribution in [0, 0.1) is 0 Å². The summed E-state index contributed by atoms with van der Waals surface area (Å²) < 4.78 is 12.4. The summed E-state index contributed by atoms with van der Waals surface area (Å²) in [6, 6.07) is 0.273. The minimum Gasteiger partial charge on any atom is -0.475 e. The standard InChI is InChI=1S/C13H22N2O3/c1-5-7-12(13(16)17-6-2)18-11-8-14-15(9-11)10(3)4/h8-10,12H,5-7H2,1-4H3. The van der Waals surface area contributed by atoms with Crippen LogP contribution in [0.2, 0.25) is 0 Å². The first-order chi connectivity index (χ1) is 8.58. The zero-order valence-electron chi connectivity index (χ0n) is 11.5. The second-order valence-corrected chi connectivity index (χ2v) is 4.40. The maximum Gasteiger partial charge on any atom is 0.347 e. The third-order valence-corrected chi connectivity index (χ3v) is 2.49. The van der Waals surface area contributed by atoms with Gasteiger partial charge < -0.3 is 9.47 Å². The molecule has 0 spiro atoms. The van der Waals surface area contributed by atoms with E-state index in [0.29, 0.717) is 18.8 Å². The van der Waals surface area contributed by atoms with Crippen LogP contribution in [0.25, 0.3) is 0 Å². The number of esters is 1. The van der Waals surface area contributed by atoms with Gasteiger partial charge in [0.15, 0.2) is 11.9 Å². The predicted octanol–water partition coefficient (Wildman–Crippen LogP) is 2.57. The minimum atomic E-state index is -0.542. The lowest BCUT2D eigenvalue weighted by Gasteiger charge is -2.15. The van der Waals surface area contributed by atoms with E-state index < -0.39 is 6.10 Å². The Hall–Kier alpha value is -1.52. The fourth-order valence-electron chi connectivity index (χ4n) is 1.55. The van der Waals surface area contributed by atoms with E-state index >= 15 is 0 Å². The molecule has 5 nitrogen and oxygen atoms in total. The zero-order valence-corrected chi connectivity index (χ0v) is 11.5.